The van der Waals surface area contributed by atoms with Crippen molar-refractivity contribution in [3.8, 4) is 44.9 Å². The number of hydrogen-bond acceptors (Lipinski definition) is 2. The zero-order valence-electron chi connectivity index (χ0n) is 30.8. The van der Waals surface area contributed by atoms with Gasteiger partial charge in [0, 0.05) is 67.3 Å². The standard InChI is InChI=1S/C52H33N5/c1-2-11-36(12-3-1)56-50-25-20-34(30-44(50)52-51(56)18-10-28-54-52)33-19-23-46-41(29-33)42-32-37(22-24-47(42)55-46)57-48-17-7-6-15-40(48)43-31-35(21-26-49(43)57)38-13-4-5-14-39(38)45-16-8-9-27-53-45/h1-32,55H. The van der Waals surface area contributed by atoms with E-state index >= 15 is 0 Å². The number of rotatable bonds is 5. The first kappa shape index (κ1) is 31.6. The minimum Gasteiger partial charge on any atom is -0.355 e. The summed E-state index contributed by atoms with van der Waals surface area (Å²) >= 11 is 0. The molecule has 12 aromatic rings. The molecule has 0 radical (unpaired) electrons. The van der Waals surface area contributed by atoms with Crippen molar-refractivity contribution in [1.29, 1.82) is 0 Å². The van der Waals surface area contributed by atoms with E-state index in [9.17, 15) is 0 Å². The predicted octanol–water partition coefficient (Wildman–Crippen LogP) is 13.3. The normalized spacial score (nSPS) is 11.9. The molecule has 7 aromatic carbocycles. The Morgan fingerprint density at radius 2 is 0.965 bits per heavy atom. The Balaban J connectivity index is 0.997. The average molecular weight is 728 g/mol. The molecule has 0 saturated carbocycles. The first-order valence-electron chi connectivity index (χ1n) is 19.3. The zero-order chi connectivity index (χ0) is 37.5. The van der Waals surface area contributed by atoms with Crippen LogP contribution in [-0.2, 0) is 0 Å². The third-order valence-electron chi connectivity index (χ3n) is 11.6. The number of nitrogens with one attached hydrogen (secondary N) is 1. The summed E-state index contributed by atoms with van der Waals surface area (Å²) in [5.41, 5.74) is 16.9. The maximum Gasteiger partial charge on any atom is 0.0963 e. The van der Waals surface area contributed by atoms with Gasteiger partial charge in [0.25, 0.3) is 0 Å². The van der Waals surface area contributed by atoms with Gasteiger partial charge in [-0.15, -0.1) is 0 Å². The van der Waals surface area contributed by atoms with Crippen LogP contribution in [0.2, 0.25) is 0 Å². The molecule has 5 heteroatoms. The summed E-state index contributed by atoms with van der Waals surface area (Å²) in [6, 6.07) is 65.3. The molecule has 5 aromatic heterocycles. The molecule has 0 atom stereocenters. The van der Waals surface area contributed by atoms with Gasteiger partial charge in [-0.2, -0.15) is 0 Å². The molecule has 5 heterocycles. The number of hydrogen-bond donors (Lipinski definition) is 1. The van der Waals surface area contributed by atoms with Gasteiger partial charge >= 0.3 is 0 Å². The summed E-state index contributed by atoms with van der Waals surface area (Å²) in [7, 11) is 0. The van der Waals surface area contributed by atoms with Crippen molar-refractivity contribution in [3.05, 3.63) is 194 Å². The lowest BCUT2D eigenvalue weighted by Crippen LogP contribution is -1.93. The van der Waals surface area contributed by atoms with E-state index in [2.05, 4.69) is 183 Å². The Bertz CT molecular complexity index is 3520. The van der Waals surface area contributed by atoms with Gasteiger partial charge in [0.1, 0.15) is 0 Å². The molecule has 57 heavy (non-hydrogen) atoms. The van der Waals surface area contributed by atoms with Crippen molar-refractivity contribution >= 4 is 65.5 Å². The van der Waals surface area contributed by atoms with Crippen LogP contribution in [-0.4, -0.2) is 24.1 Å². The number of aromatic nitrogens is 5. The second-order valence-corrected chi connectivity index (χ2v) is 14.7. The van der Waals surface area contributed by atoms with Crippen LogP contribution >= 0.6 is 0 Å². The van der Waals surface area contributed by atoms with Crippen molar-refractivity contribution in [3.63, 3.8) is 0 Å². The van der Waals surface area contributed by atoms with E-state index in [0.29, 0.717) is 0 Å². The minimum atomic E-state index is 0.971. The maximum atomic E-state index is 4.86. The van der Waals surface area contributed by atoms with Gasteiger partial charge in [-0.1, -0.05) is 84.9 Å². The summed E-state index contributed by atoms with van der Waals surface area (Å²) in [6.45, 7) is 0. The van der Waals surface area contributed by atoms with Crippen LogP contribution in [0.15, 0.2) is 194 Å². The molecular weight excluding hydrogens is 695 g/mol. The van der Waals surface area contributed by atoms with E-state index in [1.165, 1.54) is 49.3 Å². The third-order valence-corrected chi connectivity index (χ3v) is 11.6. The van der Waals surface area contributed by atoms with E-state index < -0.39 is 0 Å². The Morgan fingerprint density at radius 1 is 0.351 bits per heavy atom. The third kappa shape index (κ3) is 4.89. The van der Waals surface area contributed by atoms with Gasteiger partial charge < -0.3 is 14.1 Å². The second-order valence-electron chi connectivity index (χ2n) is 14.7. The number of pyridine rings is 2. The largest absolute Gasteiger partial charge is 0.355 e. The summed E-state index contributed by atoms with van der Waals surface area (Å²) in [4.78, 5) is 13.2. The van der Waals surface area contributed by atoms with Crippen LogP contribution < -0.4 is 0 Å². The van der Waals surface area contributed by atoms with Crippen molar-refractivity contribution in [2.24, 2.45) is 0 Å². The summed E-state index contributed by atoms with van der Waals surface area (Å²) in [6.07, 6.45) is 3.75. The number of nitrogens with zero attached hydrogens (tertiary/aromatic N) is 4. The lowest BCUT2D eigenvalue weighted by Gasteiger charge is -2.11. The quantitative estimate of drug-likeness (QED) is 0.192. The van der Waals surface area contributed by atoms with Gasteiger partial charge in [0.15, 0.2) is 0 Å². The summed E-state index contributed by atoms with van der Waals surface area (Å²) in [5, 5.41) is 5.98. The van der Waals surface area contributed by atoms with Crippen LogP contribution in [0.5, 0.6) is 0 Å². The number of aromatic amines is 1. The highest BCUT2D eigenvalue weighted by Crippen LogP contribution is 2.40. The Labute approximate surface area is 327 Å². The summed E-state index contributed by atoms with van der Waals surface area (Å²) in [5.74, 6) is 0. The Kier molecular flexibility index (Phi) is 6.86. The monoisotopic (exact) mass is 727 g/mol. The molecule has 1 N–H and O–H groups in total. The van der Waals surface area contributed by atoms with Gasteiger partial charge in [-0.3, -0.25) is 9.97 Å². The highest BCUT2D eigenvalue weighted by Gasteiger charge is 2.18. The van der Waals surface area contributed by atoms with E-state index in [1.54, 1.807) is 0 Å². The van der Waals surface area contributed by atoms with Gasteiger partial charge in [0.05, 0.1) is 33.3 Å². The van der Waals surface area contributed by atoms with Gasteiger partial charge in [-0.05, 0) is 119 Å². The van der Waals surface area contributed by atoms with Crippen LogP contribution in [0.1, 0.15) is 0 Å². The molecular formula is C52H33N5. The Hall–Kier alpha value is -7.76. The van der Waals surface area contributed by atoms with Crippen molar-refractivity contribution < 1.29 is 0 Å². The molecule has 0 spiro atoms. The van der Waals surface area contributed by atoms with Crippen LogP contribution in [0, 0.1) is 0 Å². The molecule has 0 bridgehead atoms. The predicted molar refractivity (Wildman–Crippen MR) is 236 cm³/mol. The van der Waals surface area contributed by atoms with Crippen LogP contribution in [0.25, 0.3) is 110 Å². The molecule has 5 nitrogen and oxygen atoms in total. The molecule has 0 aliphatic carbocycles. The maximum absolute atomic E-state index is 4.86. The molecule has 0 aliphatic heterocycles. The second kappa shape index (κ2) is 12.4. The van der Waals surface area contributed by atoms with E-state index in [-0.39, 0.29) is 0 Å². The smallest absolute Gasteiger partial charge is 0.0963 e. The highest BCUT2D eigenvalue weighted by molar-refractivity contribution is 6.13. The molecule has 0 unspecified atom stereocenters. The SMILES string of the molecule is c1ccc(-n2c3ccc(-c4ccc5[nH]c6ccc(-n7c8ccccc8c8cc(-c9ccccc9-c9ccccn9)ccc87)cc6c5c4)cc3c3ncccc32)cc1. The molecule has 12 rings (SSSR count). The van der Waals surface area contributed by atoms with Crippen molar-refractivity contribution in [1.82, 2.24) is 24.1 Å². The van der Waals surface area contributed by atoms with E-state index in [0.717, 1.165) is 61.2 Å². The fourth-order valence-corrected chi connectivity index (χ4v) is 8.97. The van der Waals surface area contributed by atoms with E-state index in [1.807, 2.05) is 30.6 Å². The number of H-pyrrole nitrogens is 1. The van der Waals surface area contributed by atoms with Crippen molar-refractivity contribution in [2.45, 2.75) is 0 Å². The van der Waals surface area contributed by atoms with Crippen LogP contribution in [0.4, 0.5) is 0 Å². The fourth-order valence-electron chi connectivity index (χ4n) is 8.97. The van der Waals surface area contributed by atoms with E-state index in [4.69, 9.17) is 4.98 Å². The molecule has 0 saturated heterocycles. The molecule has 266 valence electrons. The minimum absolute atomic E-state index is 0.971. The first-order valence-corrected chi connectivity index (χ1v) is 19.3. The fraction of sp³-hybridized carbons (Fsp3) is 0. The Morgan fingerprint density at radius 3 is 1.82 bits per heavy atom. The molecule has 0 fully saturated rings. The molecule has 0 aliphatic rings. The number of benzene rings is 7. The topological polar surface area (TPSA) is 51.4 Å². The average Bonchev–Trinajstić information content (AvgIpc) is 3.93. The van der Waals surface area contributed by atoms with Gasteiger partial charge in [-0.25, -0.2) is 0 Å². The van der Waals surface area contributed by atoms with Gasteiger partial charge in [0.2, 0.25) is 0 Å². The first-order chi connectivity index (χ1) is 28.3. The number of fused-ring (bicyclic) bond motifs is 9. The van der Waals surface area contributed by atoms with Crippen LogP contribution in [0.3, 0.4) is 0 Å². The highest BCUT2D eigenvalue weighted by atomic mass is 15.0. The number of para-hydroxylation sites is 2. The molecule has 0 amide bonds. The zero-order valence-corrected chi connectivity index (χ0v) is 30.8. The van der Waals surface area contributed by atoms with Crippen molar-refractivity contribution in [2.75, 3.05) is 0 Å². The lowest BCUT2D eigenvalue weighted by molar-refractivity contribution is 1.18. The lowest BCUT2D eigenvalue weighted by atomic mass is 9.96. The summed E-state index contributed by atoms with van der Waals surface area (Å²) < 4.78 is 4.72.